The maximum absolute atomic E-state index is 12.9. The van der Waals surface area contributed by atoms with Crippen molar-refractivity contribution in [3.05, 3.63) is 64.3 Å². The summed E-state index contributed by atoms with van der Waals surface area (Å²) in [5.41, 5.74) is 3.40. The van der Waals surface area contributed by atoms with Crippen LogP contribution >= 0.6 is 11.6 Å². The van der Waals surface area contributed by atoms with Crippen molar-refractivity contribution in [3.63, 3.8) is 0 Å². The second-order valence-corrected chi connectivity index (χ2v) is 7.96. The molecule has 0 amide bonds. The molecule has 1 aromatic heterocycles. The van der Waals surface area contributed by atoms with Crippen LogP contribution in [0.15, 0.2) is 53.7 Å². The van der Waals surface area contributed by atoms with E-state index in [1.165, 1.54) is 0 Å². The predicted octanol–water partition coefficient (Wildman–Crippen LogP) is 4.35. The van der Waals surface area contributed by atoms with Crippen LogP contribution in [0.1, 0.15) is 30.9 Å². The number of anilines is 1. The van der Waals surface area contributed by atoms with E-state index in [9.17, 15) is 4.79 Å². The minimum atomic E-state index is -0.376. The number of carbonyl (C=O) groups excluding carboxylic acids is 1. The van der Waals surface area contributed by atoms with Crippen LogP contribution in [0, 0.1) is 0 Å². The summed E-state index contributed by atoms with van der Waals surface area (Å²) in [5, 5.41) is 8.73. The molecule has 2 aromatic carbocycles. The number of hydrogen-bond acceptors (Lipinski definition) is 6. The van der Waals surface area contributed by atoms with E-state index in [1.807, 2.05) is 42.5 Å². The first-order valence-electron chi connectivity index (χ1n) is 9.83. The fraction of sp³-hybridized carbons (Fsp3) is 0.227. The van der Waals surface area contributed by atoms with Gasteiger partial charge in [0.2, 0.25) is 12.7 Å². The van der Waals surface area contributed by atoms with Crippen LogP contribution in [0.3, 0.4) is 0 Å². The van der Waals surface area contributed by atoms with Crippen molar-refractivity contribution in [2.75, 3.05) is 12.1 Å². The number of nitrogens with one attached hydrogen (secondary N) is 1. The number of hydrogen-bond donors (Lipinski definition) is 1. The average molecular weight is 421 g/mol. The zero-order valence-corrected chi connectivity index (χ0v) is 16.6. The summed E-state index contributed by atoms with van der Waals surface area (Å²) >= 11 is 6.16. The molecule has 0 spiro atoms. The molecule has 1 atom stereocenters. The highest BCUT2D eigenvalue weighted by atomic mass is 35.5. The normalized spacial score (nSPS) is 19.4. The molecule has 0 bridgehead atoms. The Morgan fingerprint density at radius 1 is 1.10 bits per heavy atom. The van der Waals surface area contributed by atoms with Gasteiger partial charge >= 0.3 is 0 Å². The summed E-state index contributed by atoms with van der Waals surface area (Å²) in [7, 11) is 0. The van der Waals surface area contributed by atoms with Crippen LogP contribution in [0.25, 0.3) is 11.4 Å². The molecule has 0 unspecified atom stereocenters. The predicted molar refractivity (Wildman–Crippen MR) is 111 cm³/mol. The molecule has 0 saturated carbocycles. The molecule has 1 aliphatic carbocycles. The van der Waals surface area contributed by atoms with Gasteiger partial charge in [0.25, 0.3) is 0 Å². The highest BCUT2D eigenvalue weighted by Gasteiger charge is 2.37. The summed E-state index contributed by atoms with van der Waals surface area (Å²) in [6, 6.07) is 12.8. The second-order valence-electron chi connectivity index (χ2n) is 7.52. The van der Waals surface area contributed by atoms with Crippen molar-refractivity contribution in [2.45, 2.75) is 25.3 Å². The Bertz CT molecular complexity index is 1230. The van der Waals surface area contributed by atoms with Gasteiger partial charge in [-0.3, -0.25) is 4.79 Å². The lowest BCUT2D eigenvalue weighted by atomic mass is 9.85. The Morgan fingerprint density at radius 3 is 2.90 bits per heavy atom. The number of Topliss-reactive ketones (excluding diaryl/α,β-unsaturated/α-hetero) is 1. The Kier molecular flexibility index (Phi) is 3.86. The van der Waals surface area contributed by atoms with Crippen molar-refractivity contribution in [2.24, 2.45) is 0 Å². The van der Waals surface area contributed by atoms with Gasteiger partial charge in [-0.1, -0.05) is 29.8 Å². The van der Waals surface area contributed by atoms with E-state index in [2.05, 4.69) is 5.32 Å². The first-order valence-corrected chi connectivity index (χ1v) is 10.2. The first-order chi connectivity index (χ1) is 14.7. The van der Waals surface area contributed by atoms with Gasteiger partial charge in [-0.25, -0.2) is 4.68 Å². The van der Waals surface area contributed by atoms with E-state index in [4.69, 9.17) is 31.2 Å². The van der Waals surface area contributed by atoms with Crippen molar-refractivity contribution in [3.8, 4) is 22.9 Å². The number of fused-ring (bicyclic) bond motifs is 2. The number of benzene rings is 2. The summed E-state index contributed by atoms with van der Waals surface area (Å²) in [4.78, 5) is 17.7. The minimum Gasteiger partial charge on any atom is -0.454 e. The second kappa shape index (κ2) is 6.60. The van der Waals surface area contributed by atoms with Crippen LogP contribution < -0.4 is 14.8 Å². The van der Waals surface area contributed by atoms with E-state index in [0.717, 1.165) is 35.2 Å². The molecule has 8 heteroatoms. The molecule has 0 radical (unpaired) electrons. The zero-order chi connectivity index (χ0) is 20.2. The topological polar surface area (TPSA) is 78.3 Å². The molecule has 3 aliphatic rings. The number of rotatable bonds is 2. The van der Waals surface area contributed by atoms with Crippen molar-refractivity contribution < 1.29 is 14.3 Å². The third-order valence-corrected chi connectivity index (χ3v) is 5.90. The van der Waals surface area contributed by atoms with Crippen molar-refractivity contribution in [1.29, 1.82) is 0 Å². The quantitative estimate of drug-likeness (QED) is 0.664. The number of allylic oxidation sites excluding steroid dienone is 2. The SMILES string of the molecule is O=C1CCCC2=C1[C@H](c1ccc3c(c1)OCO3)n1nc(-c3cccc(Cl)c3)nc1N2. The van der Waals surface area contributed by atoms with Gasteiger partial charge < -0.3 is 14.8 Å². The van der Waals surface area contributed by atoms with Crippen LogP contribution in [0.2, 0.25) is 5.02 Å². The van der Waals surface area contributed by atoms with Crippen molar-refractivity contribution >= 4 is 23.3 Å². The summed E-state index contributed by atoms with van der Waals surface area (Å²) < 4.78 is 12.8. The Labute approximate surface area is 177 Å². The molecule has 150 valence electrons. The number of ether oxygens (including phenoxy) is 2. The zero-order valence-electron chi connectivity index (χ0n) is 15.9. The van der Waals surface area contributed by atoms with Crippen LogP contribution in [-0.2, 0) is 4.79 Å². The lowest BCUT2D eigenvalue weighted by Gasteiger charge is -2.32. The third-order valence-electron chi connectivity index (χ3n) is 5.66. The van der Waals surface area contributed by atoms with Crippen LogP contribution in [-0.4, -0.2) is 27.3 Å². The standard InChI is InChI=1S/C22H17ClN4O3/c23-14-4-1-3-13(9-14)21-25-22-24-15-5-2-6-16(28)19(15)20(27(22)26-21)12-7-8-17-18(10-12)30-11-29-17/h1,3-4,7-10,20H,2,5-6,11H2,(H,24,25,26)/t20-/m0/s1. The summed E-state index contributed by atoms with van der Waals surface area (Å²) in [6.45, 7) is 0.200. The lowest BCUT2D eigenvalue weighted by Crippen LogP contribution is -2.31. The Balaban J connectivity index is 1.52. The van der Waals surface area contributed by atoms with Gasteiger partial charge in [0.1, 0.15) is 6.04 Å². The largest absolute Gasteiger partial charge is 0.454 e. The van der Waals surface area contributed by atoms with Gasteiger partial charge in [0, 0.05) is 28.3 Å². The van der Waals surface area contributed by atoms with Crippen LogP contribution in [0.4, 0.5) is 5.95 Å². The maximum atomic E-state index is 12.9. The lowest BCUT2D eigenvalue weighted by molar-refractivity contribution is -0.116. The number of halogens is 1. The van der Waals surface area contributed by atoms with Gasteiger partial charge in [0.05, 0.1) is 0 Å². The van der Waals surface area contributed by atoms with Gasteiger partial charge in [-0.15, -0.1) is 5.10 Å². The molecular weight excluding hydrogens is 404 g/mol. The molecular formula is C22H17ClN4O3. The number of aromatic nitrogens is 3. The number of carbonyl (C=O) groups is 1. The van der Waals surface area contributed by atoms with E-state index in [0.29, 0.717) is 34.7 Å². The molecule has 0 saturated heterocycles. The third kappa shape index (κ3) is 2.69. The molecule has 30 heavy (non-hydrogen) atoms. The number of nitrogens with zero attached hydrogens (tertiary/aromatic N) is 3. The molecule has 6 rings (SSSR count). The average Bonchev–Trinajstić information content (AvgIpc) is 3.38. The highest BCUT2D eigenvalue weighted by molar-refractivity contribution is 6.30. The van der Waals surface area contributed by atoms with E-state index in [1.54, 1.807) is 4.68 Å². The van der Waals surface area contributed by atoms with E-state index >= 15 is 0 Å². The van der Waals surface area contributed by atoms with Gasteiger partial charge in [-0.2, -0.15) is 4.98 Å². The van der Waals surface area contributed by atoms with Gasteiger partial charge in [0.15, 0.2) is 23.1 Å². The number of ketones is 1. The van der Waals surface area contributed by atoms with Gasteiger partial charge in [-0.05, 0) is 42.7 Å². The van der Waals surface area contributed by atoms with E-state index in [-0.39, 0.29) is 18.6 Å². The highest BCUT2D eigenvalue weighted by Crippen LogP contribution is 2.43. The molecule has 1 N–H and O–H groups in total. The molecule has 3 heterocycles. The summed E-state index contributed by atoms with van der Waals surface area (Å²) in [5.74, 6) is 2.68. The van der Waals surface area contributed by atoms with E-state index < -0.39 is 0 Å². The first kappa shape index (κ1) is 17.5. The monoisotopic (exact) mass is 420 g/mol. The molecule has 2 aliphatic heterocycles. The smallest absolute Gasteiger partial charge is 0.231 e. The maximum Gasteiger partial charge on any atom is 0.231 e. The fourth-order valence-electron chi connectivity index (χ4n) is 4.30. The molecule has 3 aromatic rings. The minimum absolute atomic E-state index is 0.136. The summed E-state index contributed by atoms with van der Waals surface area (Å²) in [6.07, 6.45) is 2.17. The Morgan fingerprint density at radius 2 is 2.00 bits per heavy atom. The fourth-order valence-corrected chi connectivity index (χ4v) is 4.49. The Hall–Kier alpha value is -3.32. The van der Waals surface area contributed by atoms with Crippen molar-refractivity contribution in [1.82, 2.24) is 14.8 Å². The molecule has 0 fully saturated rings. The van der Waals surface area contributed by atoms with Crippen LogP contribution in [0.5, 0.6) is 11.5 Å². The molecule has 7 nitrogen and oxygen atoms in total.